The van der Waals surface area contributed by atoms with Crippen molar-refractivity contribution in [1.29, 1.82) is 0 Å². The van der Waals surface area contributed by atoms with Crippen LogP contribution in [0.3, 0.4) is 0 Å². The molecule has 3 aliphatic carbocycles. The van der Waals surface area contributed by atoms with Crippen molar-refractivity contribution in [2.24, 2.45) is 0 Å². The summed E-state index contributed by atoms with van der Waals surface area (Å²) in [5.74, 6) is 1.86. The van der Waals surface area contributed by atoms with Crippen LogP contribution in [0, 0.1) is 0 Å². The van der Waals surface area contributed by atoms with Crippen LogP contribution in [0.5, 0.6) is 5.75 Å². The molecule has 3 fully saturated rings. The Hall–Kier alpha value is -1.46. The van der Waals surface area contributed by atoms with Crippen molar-refractivity contribution in [2.45, 2.75) is 162 Å². The molecule has 0 atom stereocenters. The van der Waals surface area contributed by atoms with E-state index in [4.69, 9.17) is 16.8 Å². The Morgan fingerprint density at radius 2 is 0.902 bits per heavy atom. The van der Waals surface area contributed by atoms with E-state index in [1.807, 2.05) is 24.3 Å². The molecule has 0 N–H and O–H groups in total. The normalized spacial score (nSPS) is 21.6. The third-order valence-corrected chi connectivity index (χ3v) is 12.0. The fourth-order valence-electron chi connectivity index (χ4n) is 7.73. The van der Waals surface area contributed by atoms with E-state index in [2.05, 4.69) is 0 Å². The van der Waals surface area contributed by atoms with Crippen molar-refractivity contribution >= 4 is 22.7 Å². The summed E-state index contributed by atoms with van der Waals surface area (Å²) in [5.41, 5.74) is 3.66. The second-order valence-corrected chi connectivity index (χ2v) is 15.2. The van der Waals surface area contributed by atoms with E-state index >= 15 is 0 Å². The van der Waals surface area contributed by atoms with Gasteiger partial charge in [0.15, 0.2) is 0 Å². The highest BCUT2D eigenvalue weighted by molar-refractivity contribution is 7.87. The highest BCUT2D eigenvalue weighted by Crippen LogP contribution is 2.44. The molecule has 0 saturated heterocycles. The van der Waals surface area contributed by atoms with Crippen molar-refractivity contribution in [2.75, 3.05) is 0 Å². The number of rotatable bonds is 6. The van der Waals surface area contributed by atoms with Gasteiger partial charge in [0.1, 0.15) is 10.6 Å². The van der Waals surface area contributed by atoms with E-state index in [1.54, 1.807) is 12.1 Å². The maximum atomic E-state index is 13.6. The van der Waals surface area contributed by atoms with Gasteiger partial charge in [0.25, 0.3) is 0 Å². The first-order valence-electron chi connectivity index (χ1n) is 16.9. The van der Waals surface area contributed by atoms with E-state index in [1.165, 1.54) is 126 Å². The van der Waals surface area contributed by atoms with Crippen LogP contribution in [0.2, 0.25) is 0 Å². The van der Waals surface area contributed by atoms with E-state index < -0.39 is 10.1 Å². The molecule has 226 valence electrons. The summed E-state index contributed by atoms with van der Waals surface area (Å²) in [6, 6.07) is 11.6. The summed E-state index contributed by atoms with van der Waals surface area (Å²) in [6.45, 7) is 0. The summed E-state index contributed by atoms with van der Waals surface area (Å²) >= 11 is 5.06. The lowest BCUT2D eigenvalue weighted by atomic mass is 9.79. The topological polar surface area (TPSA) is 43.4 Å². The van der Waals surface area contributed by atoms with Crippen LogP contribution < -0.4 is 4.18 Å². The summed E-state index contributed by atoms with van der Waals surface area (Å²) in [4.78, 5) is 1.33. The summed E-state index contributed by atoms with van der Waals surface area (Å²) in [5, 5.41) is 0. The Balaban J connectivity index is 1.34. The lowest BCUT2D eigenvalue weighted by Gasteiger charge is -2.29. The predicted molar refractivity (Wildman–Crippen MR) is 173 cm³/mol. The average Bonchev–Trinajstić information content (AvgIpc) is 2.99. The minimum Gasteiger partial charge on any atom is -0.379 e. The van der Waals surface area contributed by atoms with Crippen LogP contribution in [-0.4, -0.2) is 8.42 Å². The van der Waals surface area contributed by atoms with Crippen LogP contribution in [0.4, 0.5) is 0 Å². The van der Waals surface area contributed by atoms with Gasteiger partial charge in [0.2, 0.25) is 0 Å². The molecule has 41 heavy (non-hydrogen) atoms. The zero-order chi connectivity index (χ0) is 28.5. The molecule has 3 aliphatic rings. The second kappa shape index (κ2) is 15.3. The van der Waals surface area contributed by atoms with Gasteiger partial charge in [-0.15, -0.1) is 12.6 Å². The van der Waals surface area contributed by atoms with E-state index in [0.717, 1.165) is 30.6 Å². The molecule has 5 rings (SSSR count). The van der Waals surface area contributed by atoms with Crippen LogP contribution in [-0.2, 0) is 10.1 Å². The third-order valence-electron chi connectivity index (χ3n) is 10.2. The van der Waals surface area contributed by atoms with Gasteiger partial charge in [0, 0.05) is 4.90 Å². The maximum Gasteiger partial charge on any atom is 0.339 e. The predicted octanol–water partition coefficient (Wildman–Crippen LogP) is 11.2. The van der Waals surface area contributed by atoms with Crippen LogP contribution in [0.1, 0.15) is 169 Å². The molecular formula is C36H52O3S2. The lowest BCUT2D eigenvalue weighted by Crippen LogP contribution is -2.14. The standard InChI is InChI=1S/C36H52O3S2/c37-41(38,33-24-22-29(23-25-33)28-16-10-6-4-2-1-3-5-7-11-17-28)39-32-26-34(30-18-12-8-13-19-30)36(40)35(27-32)31-20-14-9-15-21-31/h22-28,30-31,40H,1-21H2. The molecule has 5 heteroatoms. The quantitative estimate of drug-likeness (QED) is 0.266. The van der Waals surface area contributed by atoms with Crippen molar-refractivity contribution in [3.05, 3.63) is 53.1 Å². The largest absolute Gasteiger partial charge is 0.379 e. The second-order valence-electron chi connectivity index (χ2n) is 13.2. The molecule has 2 aromatic carbocycles. The first-order valence-corrected chi connectivity index (χ1v) is 18.8. The summed E-state index contributed by atoms with van der Waals surface area (Å²) in [6.07, 6.45) is 26.5. The minimum absolute atomic E-state index is 0.253. The zero-order valence-corrected chi connectivity index (χ0v) is 26.8. The molecule has 3 saturated carbocycles. The Bertz CT molecular complexity index is 1140. The summed E-state index contributed by atoms with van der Waals surface area (Å²) < 4.78 is 33.0. The molecule has 0 amide bonds. The van der Waals surface area contributed by atoms with E-state index in [-0.39, 0.29) is 4.90 Å². The molecule has 0 aliphatic heterocycles. The smallest absolute Gasteiger partial charge is 0.339 e. The number of thiol groups is 1. The number of benzene rings is 2. The van der Waals surface area contributed by atoms with Gasteiger partial charge in [-0.1, -0.05) is 108 Å². The maximum absolute atomic E-state index is 13.6. The van der Waals surface area contributed by atoms with Gasteiger partial charge in [-0.2, -0.15) is 8.42 Å². The van der Waals surface area contributed by atoms with Gasteiger partial charge in [0.05, 0.1) is 0 Å². The van der Waals surface area contributed by atoms with Gasteiger partial charge in [-0.25, -0.2) is 0 Å². The molecule has 0 heterocycles. The first kappa shape index (κ1) is 31.0. The summed E-state index contributed by atoms with van der Waals surface area (Å²) in [7, 11) is -3.93. The van der Waals surface area contributed by atoms with Crippen LogP contribution >= 0.6 is 12.6 Å². The molecular weight excluding hydrogens is 545 g/mol. The van der Waals surface area contributed by atoms with Gasteiger partial charge < -0.3 is 4.18 Å². The fourth-order valence-corrected chi connectivity index (χ4v) is 9.14. The van der Waals surface area contributed by atoms with E-state index in [0.29, 0.717) is 23.5 Å². The van der Waals surface area contributed by atoms with Gasteiger partial charge >= 0.3 is 10.1 Å². The molecule has 0 radical (unpaired) electrons. The average molecular weight is 597 g/mol. The molecule has 0 spiro atoms. The van der Waals surface area contributed by atoms with Crippen molar-refractivity contribution in [3.8, 4) is 5.75 Å². The lowest BCUT2D eigenvalue weighted by molar-refractivity contribution is 0.424. The highest BCUT2D eigenvalue weighted by atomic mass is 32.2. The SMILES string of the molecule is O=S(=O)(Oc1cc(C2CCCCC2)c(S)c(C2CCCCC2)c1)c1ccc(C2CCCCCCCCCCC2)cc1. The Labute approximate surface area is 255 Å². The van der Waals surface area contributed by atoms with Crippen LogP contribution in [0.15, 0.2) is 46.2 Å². The van der Waals surface area contributed by atoms with Gasteiger partial charge in [-0.3, -0.25) is 0 Å². The zero-order valence-electron chi connectivity index (χ0n) is 25.1. The number of hydrogen-bond acceptors (Lipinski definition) is 4. The van der Waals surface area contributed by atoms with Crippen molar-refractivity contribution in [3.63, 3.8) is 0 Å². The third kappa shape index (κ3) is 8.56. The van der Waals surface area contributed by atoms with Gasteiger partial charge in [-0.05, 0) is 97.2 Å². The molecule has 0 unspecified atom stereocenters. The molecule has 0 aromatic heterocycles. The monoisotopic (exact) mass is 596 g/mol. The molecule has 0 bridgehead atoms. The van der Waals surface area contributed by atoms with Crippen LogP contribution in [0.25, 0.3) is 0 Å². The Kier molecular flexibility index (Phi) is 11.6. The highest BCUT2D eigenvalue weighted by Gasteiger charge is 2.27. The molecule has 3 nitrogen and oxygen atoms in total. The molecule has 2 aromatic rings. The minimum atomic E-state index is -3.93. The van der Waals surface area contributed by atoms with Crippen molar-refractivity contribution < 1.29 is 12.6 Å². The van der Waals surface area contributed by atoms with Crippen molar-refractivity contribution in [1.82, 2.24) is 0 Å². The number of hydrogen-bond donors (Lipinski definition) is 1. The fraction of sp³-hybridized carbons (Fsp3) is 0.667. The first-order chi connectivity index (χ1) is 20.0. The Morgan fingerprint density at radius 3 is 1.34 bits per heavy atom. The van der Waals surface area contributed by atoms with E-state index in [9.17, 15) is 8.42 Å². The Morgan fingerprint density at radius 1 is 0.537 bits per heavy atom.